The average Bonchev–Trinajstić information content (AvgIpc) is 3.05. The molecule has 0 spiro atoms. The normalized spacial score (nSPS) is 11.0. The Morgan fingerprint density at radius 3 is 2.67 bits per heavy atom. The second-order valence-corrected chi connectivity index (χ2v) is 4.68. The lowest BCUT2D eigenvalue weighted by molar-refractivity contribution is -0.497. The number of ether oxygens (including phenoxy) is 1. The zero-order valence-electron chi connectivity index (χ0n) is 11.9. The molecule has 0 fully saturated rings. The molecule has 0 aliphatic rings. The summed E-state index contributed by atoms with van der Waals surface area (Å²) < 4.78 is 49.7. The van der Waals surface area contributed by atoms with Crippen LogP contribution in [0.1, 0.15) is 12.1 Å². The number of hydrogen-bond acceptors (Lipinski definition) is 5. The van der Waals surface area contributed by atoms with Gasteiger partial charge in [-0.05, 0) is 12.1 Å². The van der Waals surface area contributed by atoms with Gasteiger partial charge in [0.1, 0.15) is 22.9 Å². The van der Waals surface area contributed by atoms with Crippen molar-refractivity contribution in [3.63, 3.8) is 0 Å². The maximum Gasteiger partial charge on any atom is 0.283 e. The predicted octanol–water partition coefficient (Wildman–Crippen LogP) is 3.30. The first-order valence-electron chi connectivity index (χ1n) is 6.71. The van der Waals surface area contributed by atoms with Crippen molar-refractivity contribution in [1.29, 1.82) is 0 Å². The van der Waals surface area contributed by atoms with Gasteiger partial charge in [-0.15, -0.1) is 0 Å². The molecule has 0 saturated heterocycles. The Morgan fingerprint density at radius 2 is 2.04 bits per heavy atom. The first-order chi connectivity index (χ1) is 11.6. The van der Waals surface area contributed by atoms with E-state index in [0.717, 1.165) is 12.1 Å². The van der Waals surface area contributed by atoms with Crippen LogP contribution in [0.4, 0.5) is 18.9 Å². The van der Waals surface area contributed by atoms with Gasteiger partial charge in [0.15, 0.2) is 5.76 Å². The van der Waals surface area contributed by atoms with Crippen LogP contribution in [-0.2, 0) is 0 Å². The number of benzene rings is 1. The van der Waals surface area contributed by atoms with Crippen LogP contribution in [0.2, 0.25) is 0 Å². The summed E-state index contributed by atoms with van der Waals surface area (Å²) >= 11 is 0. The minimum absolute atomic E-state index is 0.0123. The van der Waals surface area contributed by atoms with E-state index in [1.165, 1.54) is 30.5 Å². The summed E-state index contributed by atoms with van der Waals surface area (Å²) in [7, 11) is 0. The van der Waals surface area contributed by atoms with Crippen molar-refractivity contribution in [3.8, 4) is 23.0 Å². The van der Waals surface area contributed by atoms with Gasteiger partial charge in [0.25, 0.3) is 6.43 Å². The number of quaternary nitrogens is 1. The van der Waals surface area contributed by atoms with Crippen LogP contribution in [0, 0.1) is 11.0 Å². The molecule has 0 atom stereocenters. The summed E-state index contributed by atoms with van der Waals surface area (Å²) in [6.07, 6.45) is -1.55. The van der Waals surface area contributed by atoms with Crippen LogP contribution >= 0.6 is 0 Å². The van der Waals surface area contributed by atoms with Crippen molar-refractivity contribution in [3.05, 3.63) is 59.3 Å². The van der Waals surface area contributed by atoms with E-state index in [1.54, 1.807) is 0 Å². The Kier molecular flexibility index (Phi) is 4.45. The van der Waals surface area contributed by atoms with Gasteiger partial charge in [0, 0.05) is 18.2 Å². The topological polar surface area (TPSA) is 87.8 Å². The van der Waals surface area contributed by atoms with Crippen molar-refractivity contribution in [2.45, 2.75) is 6.43 Å². The summed E-state index contributed by atoms with van der Waals surface area (Å²) in [6, 6.07) is 7.78. The van der Waals surface area contributed by atoms with Crippen molar-refractivity contribution in [1.82, 2.24) is 10.1 Å². The summed E-state index contributed by atoms with van der Waals surface area (Å²) in [5.41, 5.74) is 0.203. The highest BCUT2D eigenvalue weighted by Crippen LogP contribution is 2.36. The van der Waals surface area contributed by atoms with Gasteiger partial charge in [-0.2, -0.15) is 0 Å². The molecule has 0 bridgehead atoms. The molecule has 2 N–H and O–H groups in total. The smallest absolute Gasteiger partial charge is 0.283 e. The highest BCUT2D eigenvalue weighted by atomic mass is 19.3. The van der Waals surface area contributed by atoms with Gasteiger partial charge < -0.3 is 19.9 Å². The van der Waals surface area contributed by atoms with E-state index in [-0.39, 0.29) is 23.0 Å². The Morgan fingerprint density at radius 1 is 1.21 bits per heavy atom. The Bertz CT molecular complexity index is 837. The number of pyridine rings is 1. The molecule has 0 aliphatic heterocycles. The van der Waals surface area contributed by atoms with Crippen molar-refractivity contribution >= 4 is 5.69 Å². The molecule has 6 nitrogen and oxygen atoms in total. The zero-order chi connectivity index (χ0) is 17.1. The second-order valence-electron chi connectivity index (χ2n) is 4.68. The predicted molar refractivity (Wildman–Crippen MR) is 76.1 cm³/mol. The average molecular weight is 337 g/mol. The van der Waals surface area contributed by atoms with Gasteiger partial charge in [-0.25, -0.2) is 18.2 Å². The summed E-state index contributed by atoms with van der Waals surface area (Å²) in [4.78, 5) is 3.90. The fourth-order valence-corrected chi connectivity index (χ4v) is 1.97. The molecule has 3 aromatic rings. The molecule has 3 rings (SSSR count). The number of nitrogens with zero attached hydrogens (tertiary/aromatic N) is 2. The third-order valence-corrected chi connectivity index (χ3v) is 3.08. The first kappa shape index (κ1) is 16.0. The van der Waals surface area contributed by atoms with Crippen LogP contribution in [0.15, 0.2) is 47.1 Å². The fourth-order valence-electron chi connectivity index (χ4n) is 1.97. The molecule has 1 aromatic carbocycles. The van der Waals surface area contributed by atoms with E-state index in [9.17, 15) is 18.4 Å². The minimum Gasteiger partial charge on any atom is -0.630 e. The standard InChI is InChI=1S/C15H10F3N3O3/c16-9-2-1-3-11(23-13-5-4-8(20-22)7-19-13)14(9)12-6-10(15(17)18)21-24-12/h1-7,15H,20H2. The quantitative estimate of drug-likeness (QED) is 0.722. The van der Waals surface area contributed by atoms with Gasteiger partial charge in [-0.1, -0.05) is 11.2 Å². The SMILES string of the molecule is [O-][NH2+]c1ccc(Oc2cccc(F)c2-c2cc(C(F)F)no2)nc1. The highest BCUT2D eigenvalue weighted by Gasteiger charge is 2.21. The lowest BCUT2D eigenvalue weighted by atomic mass is 10.1. The fraction of sp³-hybridized carbons (Fsp3) is 0.0667. The molecule has 24 heavy (non-hydrogen) atoms. The third kappa shape index (κ3) is 3.21. The van der Waals surface area contributed by atoms with Crippen molar-refractivity contribution in [2.75, 3.05) is 0 Å². The van der Waals surface area contributed by atoms with Gasteiger partial charge in [0.2, 0.25) is 5.88 Å². The summed E-state index contributed by atoms with van der Waals surface area (Å²) in [5, 5.41) is 13.8. The maximum atomic E-state index is 14.1. The van der Waals surface area contributed by atoms with Gasteiger partial charge in [0.05, 0.1) is 11.8 Å². The Labute approximate surface area is 133 Å². The number of alkyl halides is 2. The molecule has 2 aromatic heterocycles. The largest absolute Gasteiger partial charge is 0.630 e. The Balaban J connectivity index is 1.97. The van der Waals surface area contributed by atoms with E-state index in [1.807, 2.05) is 0 Å². The molecule has 0 amide bonds. The molecule has 0 radical (unpaired) electrons. The third-order valence-electron chi connectivity index (χ3n) is 3.08. The van der Waals surface area contributed by atoms with Crippen LogP contribution < -0.4 is 10.2 Å². The van der Waals surface area contributed by atoms with Gasteiger partial charge >= 0.3 is 0 Å². The zero-order valence-corrected chi connectivity index (χ0v) is 11.9. The number of halogens is 3. The highest BCUT2D eigenvalue weighted by molar-refractivity contribution is 5.67. The summed E-state index contributed by atoms with van der Waals surface area (Å²) in [6.45, 7) is 0. The van der Waals surface area contributed by atoms with Crippen LogP contribution in [0.3, 0.4) is 0 Å². The van der Waals surface area contributed by atoms with E-state index in [2.05, 4.69) is 10.1 Å². The van der Waals surface area contributed by atoms with Crippen LogP contribution in [0.25, 0.3) is 11.3 Å². The molecule has 2 heterocycles. The molecule has 124 valence electrons. The van der Waals surface area contributed by atoms with Crippen molar-refractivity contribution in [2.24, 2.45) is 0 Å². The number of nitrogens with two attached hydrogens (primary N) is 1. The van der Waals surface area contributed by atoms with Crippen LogP contribution in [-0.4, -0.2) is 10.1 Å². The Hall–Kier alpha value is -2.91. The van der Waals surface area contributed by atoms with E-state index >= 15 is 0 Å². The second kappa shape index (κ2) is 6.69. The number of aromatic nitrogens is 2. The molecule has 0 aliphatic carbocycles. The van der Waals surface area contributed by atoms with E-state index in [0.29, 0.717) is 11.2 Å². The van der Waals surface area contributed by atoms with Crippen LogP contribution in [0.5, 0.6) is 11.6 Å². The maximum absolute atomic E-state index is 14.1. The molecule has 0 unspecified atom stereocenters. The molecule has 0 saturated carbocycles. The van der Waals surface area contributed by atoms with E-state index < -0.39 is 17.9 Å². The van der Waals surface area contributed by atoms with Crippen molar-refractivity contribution < 1.29 is 27.9 Å². The summed E-state index contributed by atoms with van der Waals surface area (Å²) in [5.74, 6) is -0.809. The number of rotatable bonds is 5. The molecule has 9 heteroatoms. The number of hydrogen-bond donors (Lipinski definition) is 1. The lowest BCUT2D eigenvalue weighted by Gasteiger charge is -2.09. The molecular weight excluding hydrogens is 327 g/mol. The monoisotopic (exact) mass is 337 g/mol. The molecular formula is C15H10F3N3O3. The lowest BCUT2D eigenvalue weighted by Crippen LogP contribution is -2.70. The van der Waals surface area contributed by atoms with E-state index in [4.69, 9.17) is 9.26 Å². The minimum atomic E-state index is -2.84. The first-order valence-corrected chi connectivity index (χ1v) is 6.71. The van der Waals surface area contributed by atoms with Gasteiger partial charge in [-0.3, -0.25) is 0 Å².